The van der Waals surface area contributed by atoms with Gasteiger partial charge in [0.05, 0.1) is 0 Å². The van der Waals surface area contributed by atoms with E-state index >= 15 is 0 Å². The smallest absolute Gasteiger partial charge is 0.255 e. The summed E-state index contributed by atoms with van der Waals surface area (Å²) in [6, 6.07) is 17.5. The summed E-state index contributed by atoms with van der Waals surface area (Å²) in [4.78, 5) is 28.4. The third-order valence-corrected chi connectivity index (χ3v) is 4.17. The molecular weight excluding hydrogens is 415 g/mol. The molecule has 3 rings (SSSR count). The highest BCUT2D eigenvalue weighted by molar-refractivity contribution is 14.1. The molecule has 2 aromatic carbocycles. The largest absolute Gasteiger partial charge is 0.322 e. The van der Waals surface area contributed by atoms with Gasteiger partial charge >= 0.3 is 0 Å². The first-order valence-electron chi connectivity index (χ1n) is 7.25. The van der Waals surface area contributed by atoms with E-state index in [-0.39, 0.29) is 11.7 Å². The highest BCUT2D eigenvalue weighted by Crippen LogP contribution is 2.15. The van der Waals surface area contributed by atoms with Crippen molar-refractivity contribution in [2.75, 3.05) is 5.32 Å². The quantitative estimate of drug-likeness (QED) is 0.502. The Morgan fingerprint density at radius 1 is 0.750 bits per heavy atom. The van der Waals surface area contributed by atoms with Crippen molar-refractivity contribution < 1.29 is 9.59 Å². The highest BCUT2D eigenvalue weighted by atomic mass is 127. The molecule has 0 saturated carbocycles. The van der Waals surface area contributed by atoms with Gasteiger partial charge in [0.2, 0.25) is 0 Å². The number of nitrogens with zero attached hydrogens (tertiary/aromatic N) is 1. The Hall–Kier alpha value is -2.54. The summed E-state index contributed by atoms with van der Waals surface area (Å²) in [5, 5.41) is 2.82. The van der Waals surface area contributed by atoms with E-state index in [1.54, 1.807) is 60.9 Å². The number of rotatable bonds is 4. The number of pyridine rings is 1. The standard InChI is InChI=1S/C19H13IN2O2/c20-16-5-1-15(2-6-16)19(24)22-17-7-3-13(4-8-17)18(23)14-9-11-21-12-10-14/h1-12H,(H,22,24). The van der Waals surface area contributed by atoms with Crippen molar-refractivity contribution in [3.05, 3.63) is 93.3 Å². The molecule has 0 aliphatic carbocycles. The first-order valence-corrected chi connectivity index (χ1v) is 8.33. The third kappa shape index (κ3) is 3.86. The lowest BCUT2D eigenvalue weighted by Crippen LogP contribution is -2.12. The second kappa shape index (κ2) is 7.35. The van der Waals surface area contributed by atoms with E-state index in [1.165, 1.54) is 0 Å². The molecule has 0 spiro atoms. The maximum atomic E-state index is 12.3. The maximum Gasteiger partial charge on any atom is 0.255 e. The third-order valence-electron chi connectivity index (χ3n) is 3.45. The fraction of sp³-hybridized carbons (Fsp3) is 0. The summed E-state index contributed by atoms with van der Waals surface area (Å²) in [7, 11) is 0. The van der Waals surface area contributed by atoms with Gasteiger partial charge < -0.3 is 5.32 Å². The number of halogens is 1. The fourth-order valence-corrected chi connectivity index (χ4v) is 2.54. The van der Waals surface area contributed by atoms with Crippen LogP contribution in [0.3, 0.4) is 0 Å². The topological polar surface area (TPSA) is 59.1 Å². The molecule has 1 N–H and O–H groups in total. The molecule has 4 nitrogen and oxygen atoms in total. The Balaban J connectivity index is 1.72. The molecule has 1 amide bonds. The van der Waals surface area contributed by atoms with Crippen LogP contribution in [0.2, 0.25) is 0 Å². The van der Waals surface area contributed by atoms with Gasteiger partial charge in [0.1, 0.15) is 0 Å². The van der Waals surface area contributed by atoms with Crippen LogP contribution < -0.4 is 5.32 Å². The van der Waals surface area contributed by atoms with Gasteiger partial charge in [-0.2, -0.15) is 0 Å². The lowest BCUT2D eigenvalue weighted by Gasteiger charge is -2.07. The summed E-state index contributed by atoms with van der Waals surface area (Å²) in [5.74, 6) is -0.257. The highest BCUT2D eigenvalue weighted by Gasteiger charge is 2.10. The molecule has 0 aliphatic heterocycles. The fourth-order valence-electron chi connectivity index (χ4n) is 2.18. The van der Waals surface area contributed by atoms with Crippen molar-refractivity contribution >= 4 is 40.0 Å². The zero-order chi connectivity index (χ0) is 16.9. The average molecular weight is 428 g/mol. The summed E-state index contributed by atoms with van der Waals surface area (Å²) < 4.78 is 1.07. The van der Waals surface area contributed by atoms with E-state index in [4.69, 9.17) is 0 Å². The Kier molecular flexibility index (Phi) is 5.00. The molecule has 118 valence electrons. The molecule has 0 atom stereocenters. The molecule has 0 fully saturated rings. The Bertz CT molecular complexity index is 860. The summed E-state index contributed by atoms with van der Waals surface area (Å²) in [5.41, 5.74) is 2.38. The van der Waals surface area contributed by atoms with Crippen LogP contribution in [0.4, 0.5) is 5.69 Å². The number of benzene rings is 2. The molecule has 0 aliphatic rings. The molecule has 24 heavy (non-hydrogen) atoms. The van der Waals surface area contributed by atoms with E-state index in [0.717, 1.165) is 3.57 Å². The van der Waals surface area contributed by atoms with Crippen molar-refractivity contribution in [1.29, 1.82) is 0 Å². The molecule has 1 heterocycles. The van der Waals surface area contributed by atoms with E-state index < -0.39 is 0 Å². The van der Waals surface area contributed by atoms with Gasteiger partial charge in [-0.05, 0) is 83.3 Å². The predicted octanol–water partition coefficient (Wildman–Crippen LogP) is 4.17. The number of carbonyl (C=O) groups is 2. The zero-order valence-electron chi connectivity index (χ0n) is 12.6. The number of ketones is 1. The number of aromatic nitrogens is 1. The van der Waals surface area contributed by atoms with Gasteiger partial charge in [-0.15, -0.1) is 0 Å². The minimum absolute atomic E-state index is 0.0760. The molecular formula is C19H13IN2O2. The predicted molar refractivity (Wildman–Crippen MR) is 101 cm³/mol. The van der Waals surface area contributed by atoms with E-state index in [9.17, 15) is 9.59 Å². The number of carbonyl (C=O) groups excluding carboxylic acids is 2. The molecule has 0 radical (unpaired) electrons. The van der Waals surface area contributed by atoms with Crippen molar-refractivity contribution in [2.24, 2.45) is 0 Å². The monoisotopic (exact) mass is 428 g/mol. The van der Waals surface area contributed by atoms with Crippen LogP contribution in [0.15, 0.2) is 73.1 Å². The normalized spacial score (nSPS) is 10.2. The lowest BCUT2D eigenvalue weighted by molar-refractivity contribution is 0.102. The summed E-state index contributed by atoms with van der Waals surface area (Å²) in [6.07, 6.45) is 3.17. The van der Waals surface area contributed by atoms with E-state index in [1.807, 2.05) is 12.1 Å². The van der Waals surface area contributed by atoms with Crippen LogP contribution in [-0.4, -0.2) is 16.7 Å². The van der Waals surface area contributed by atoms with Crippen molar-refractivity contribution in [1.82, 2.24) is 4.98 Å². The molecule has 1 aromatic heterocycles. The molecule has 0 unspecified atom stereocenters. The lowest BCUT2D eigenvalue weighted by atomic mass is 10.0. The average Bonchev–Trinajstić information content (AvgIpc) is 2.63. The van der Waals surface area contributed by atoms with Crippen LogP contribution in [0.25, 0.3) is 0 Å². The molecule has 0 saturated heterocycles. The van der Waals surface area contributed by atoms with Crippen molar-refractivity contribution in [2.45, 2.75) is 0 Å². The van der Waals surface area contributed by atoms with Gasteiger partial charge in [0.25, 0.3) is 5.91 Å². The second-order valence-corrected chi connectivity index (χ2v) is 6.35. The number of hydrogen-bond donors (Lipinski definition) is 1. The van der Waals surface area contributed by atoms with Crippen molar-refractivity contribution in [3.63, 3.8) is 0 Å². The second-order valence-electron chi connectivity index (χ2n) is 5.10. The zero-order valence-corrected chi connectivity index (χ0v) is 14.7. The number of nitrogens with one attached hydrogen (secondary N) is 1. The Morgan fingerprint density at radius 2 is 1.29 bits per heavy atom. The van der Waals surface area contributed by atoms with Crippen LogP contribution in [0, 0.1) is 3.57 Å². The summed E-state index contributed by atoms with van der Waals surface area (Å²) >= 11 is 2.19. The van der Waals surface area contributed by atoms with Gasteiger partial charge in [0.15, 0.2) is 5.78 Å². The minimum atomic E-state index is -0.181. The number of hydrogen-bond acceptors (Lipinski definition) is 3. The Labute approximate surface area is 153 Å². The molecule has 5 heteroatoms. The van der Waals surface area contributed by atoms with Gasteiger partial charge in [-0.1, -0.05) is 0 Å². The first-order chi connectivity index (χ1) is 11.6. The minimum Gasteiger partial charge on any atom is -0.322 e. The van der Waals surface area contributed by atoms with E-state index in [2.05, 4.69) is 32.9 Å². The van der Waals surface area contributed by atoms with Crippen LogP contribution in [0.1, 0.15) is 26.3 Å². The first kappa shape index (κ1) is 16.3. The van der Waals surface area contributed by atoms with Crippen LogP contribution in [0.5, 0.6) is 0 Å². The van der Waals surface area contributed by atoms with Gasteiger partial charge in [-0.3, -0.25) is 14.6 Å². The number of anilines is 1. The summed E-state index contributed by atoms with van der Waals surface area (Å²) in [6.45, 7) is 0. The number of amides is 1. The maximum absolute atomic E-state index is 12.3. The van der Waals surface area contributed by atoms with Crippen molar-refractivity contribution in [3.8, 4) is 0 Å². The molecule has 0 bridgehead atoms. The van der Waals surface area contributed by atoms with E-state index in [0.29, 0.717) is 22.4 Å². The SMILES string of the molecule is O=C(Nc1ccc(C(=O)c2ccncc2)cc1)c1ccc(I)cc1. The van der Waals surface area contributed by atoms with Gasteiger partial charge in [-0.25, -0.2) is 0 Å². The molecule has 3 aromatic rings. The Morgan fingerprint density at radius 3 is 1.92 bits per heavy atom. The van der Waals surface area contributed by atoms with Crippen LogP contribution in [-0.2, 0) is 0 Å². The van der Waals surface area contributed by atoms with Crippen LogP contribution >= 0.6 is 22.6 Å². The van der Waals surface area contributed by atoms with Gasteiger partial charge in [0, 0.05) is 38.3 Å².